The predicted molar refractivity (Wildman–Crippen MR) is 84.3 cm³/mol. The monoisotopic (exact) mass is 282 g/mol. The van der Waals surface area contributed by atoms with Crippen LogP contribution >= 0.6 is 0 Å². The van der Waals surface area contributed by atoms with Gasteiger partial charge in [0.2, 0.25) is 0 Å². The fourth-order valence-electron chi connectivity index (χ4n) is 2.95. The Hall–Kier alpha value is -2.33. The van der Waals surface area contributed by atoms with Crippen LogP contribution < -0.4 is 5.73 Å². The van der Waals surface area contributed by atoms with Crippen LogP contribution in [0.3, 0.4) is 0 Å². The molecule has 4 nitrogen and oxygen atoms in total. The van der Waals surface area contributed by atoms with Crippen molar-refractivity contribution < 1.29 is 9.90 Å². The number of hydrogen-bond donors (Lipinski definition) is 2. The van der Waals surface area contributed by atoms with Gasteiger partial charge in [0.25, 0.3) is 0 Å². The maximum Gasteiger partial charge on any atom is 0.305 e. The minimum atomic E-state index is -0.876. The van der Waals surface area contributed by atoms with Crippen LogP contribution in [0.1, 0.15) is 24.9 Å². The Morgan fingerprint density at radius 1 is 1.19 bits per heavy atom. The molecule has 0 radical (unpaired) electrons. The quantitative estimate of drug-likeness (QED) is 0.771. The largest absolute Gasteiger partial charge is 0.481 e. The Kier molecular flexibility index (Phi) is 3.39. The van der Waals surface area contributed by atoms with Gasteiger partial charge >= 0.3 is 5.97 Å². The molecular formula is C17H18N2O2. The van der Waals surface area contributed by atoms with Gasteiger partial charge in [0.05, 0.1) is 6.42 Å². The van der Waals surface area contributed by atoms with Crippen LogP contribution in [0.25, 0.3) is 21.8 Å². The number of benzene rings is 2. The van der Waals surface area contributed by atoms with Crippen LogP contribution in [0.2, 0.25) is 0 Å². The molecule has 1 atom stereocenters. The summed E-state index contributed by atoms with van der Waals surface area (Å²) < 4.78 is 2.26. The van der Waals surface area contributed by atoms with E-state index in [0.29, 0.717) is 0 Å². The molecule has 3 N–H and O–H groups in total. The van der Waals surface area contributed by atoms with Gasteiger partial charge in [-0.1, -0.05) is 24.3 Å². The van der Waals surface area contributed by atoms with Crippen LogP contribution in [0, 0.1) is 0 Å². The summed E-state index contributed by atoms with van der Waals surface area (Å²) in [6.07, 6.45) is -0.0576. The first-order valence-electron chi connectivity index (χ1n) is 7.10. The second-order valence-corrected chi connectivity index (χ2v) is 5.24. The van der Waals surface area contributed by atoms with Crippen molar-refractivity contribution in [2.45, 2.75) is 25.9 Å². The van der Waals surface area contributed by atoms with E-state index in [-0.39, 0.29) is 6.42 Å². The summed E-state index contributed by atoms with van der Waals surface area (Å²) in [5.41, 5.74) is 9.20. The van der Waals surface area contributed by atoms with Crippen molar-refractivity contribution in [2.75, 3.05) is 0 Å². The Morgan fingerprint density at radius 3 is 2.62 bits per heavy atom. The molecule has 4 heteroatoms. The first kappa shape index (κ1) is 13.6. The van der Waals surface area contributed by atoms with Crippen LogP contribution in [0.5, 0.6) is 0 Å². The average Bonchev–Trinajstić information content (AvgIpc) is 2.79. The molecule has 0 aliphatic heterocycles. The third kappa shape index (κ3) is 2.28. The van der Waals surface area contributed by atoms with Gasteiger partial charge in [0, 0.05) is 34.4 Å². The van der Waals surface area contributed by atoms with Crippen molar-refractivity contribution in [1.29, 1.82) is 0 Å². The summed E-state index contributed by atoms with van der Waals surface area (Å²) in [4.78, 5) is 10.8. The lowest BCUT2D eigenvalue weighted by molar-refractivity contribution is -0.137. The van der Waals surface area contributed by atoms with Crippen molar-refractivity contribution in [2.24, 2.45) is 5.73 Å². The second-order valence-electron chi connectivity index (χ2n) is 5.24. The van der Waals surface area contributed by atoms with E-state index in [1.54, 1.807) is 0 Å². The molecule has 108 valence electrons. The number of aryl methyl sites for hydroxylation is 1. The lowest BCUT2D eigenvalue weighted by Gasteiger charge is -2.10. The lowest BCUT2D eigenvalue weighted by Crippen LogP contribution is -2.14. The van der Waals surface area contributed by atoms with E-state index in [2.05, 4.69) is 23.6 Å². The highest BCUT2D eigenvalue weighted by Crippen LogP contribution is 2.31. The first-order chi connectivity index (χ1) is 10.1. The Balaban J connectivity index is 2.21. The molecule has 1 heterocycles. The zero-order valence-corrected chi connectivity index (χ0v) is 11.9. The number of fused-ring (bicyclic) bond motifs is 3. The first-order valence-corrected chi connectivity index (χ1v) is 7.10. The number of carbonyl (C=O) groups is 1. The highest BCUT2D eigenvalue weighted by molar-refractivity contribution is 6.08. The third-order valence-corrected chi connectivity index (χ3v) is 3.94. The number of hydrogen-bond acceptors (Lipinski definition) is 2. The number of carboxylic acids is 1. The second kappa shape index (κ2) is 5.22. The maximum absolute atomic E-state index is 10.8. The standard InChI is InChI=1S/C17H18N2O2/c1-2-19-15-6-4-3-5-12(15)13-9-11(7-8-16(13)19)14(18)10-17(20)21/h3-9,14H,2,10,18H2,1H3,(H,20,21)/t14-/m0/s1. The fourth-order valence-corrected chi connectivity index (χ4v) is 2.95. The van der Waals surface area contributed by atoms with Crippen molar-refractivity contribution in [3.63, 3.8) is 0 Å². The molecule has 0 spiro atoms. The summed E-state index contributed by atoms with van der Waals surface area (Å²) in [5.74, 6) is -0.876. The Bertz CT molecular complexity index is 820. The average molecular weight is 282 g/mol. The third-order valence-electron chi connectivity index (χ3n) is 3.94. The highest BCUT2D eigenvalue weighted by atomic mass is 16.4. The minimum Gasteiger partial charge on any atom is -0.481 e. The van der Waals surface area contributed by atoms with Crippen molar-refractivity contribution >= 4 is 27.8 Å². The zero-order chi connectivity index (χ0) is 15.0. The van der Waals surface area contributed by atoms with Gasteiger partial charge in [-0.15, -0.1) is 0 Å². The highest BCUT2D eigenvalue weighted by Gasteiger charge is 2.14. The van der Waals surface area contributed by atoms with Crippen LogP contribution in [-0.2, 0) is 11.3 Å². The number of aliphatic carboxylic acids is 1. The summed E-state index contributed by atoms with van der Waals surface area (Å²) >= 11 is 0. The normalized spacial score (nSPS) is 12.9. The molecule has 21 heavy (non-hydrogen) atoms. The van der Waals surface area contributed by atoms with Gasteiger partial charge in [0.1, 0.15) is 0 Å². The molecule has 1 aromatic heterocycles. The molecule has 2 aromatic carbocycles. The number of rotatable bonds is 4. The smallest absolute Gasteiger partial charge is 0.305 e. The Labute approximate surface area is 122 Å². The van der Waals surface area contributed by atoms with Crippen LogP contribution in [0.4, 0.5) is 0 Å². The summed E-state index contributed by atoms with van der Waals surface area (Å²) in [6.45, 7) is 3.01. The molecule has 0 aliphatic carbocycles. The van der Waals surface area contributed by atoms with Gasteiger partial charge in [-0.2, -0.15) is 0 Å². The van der Waals surface area contributed by atoms with E-state index in [1.807, 2.05) is 30.3 Å². The summed E-state index contributed by atoms with van der Waals surface area (Å²) in [6, 6.07) is 13.8. The molecule has 0 unspecified atom stereocenters. The number of para-hydroxylation sites is 1. The molecular weight excluding hydrogens is 264 g/mol. The zero-order valence-electron chi connectivity index (χ0n) is 11.9. The van der Waals surface area contributed by atoms with E-state index >= 15 is 0 Å². The number of nitrogens with zero attached hydrogens (tertiary/aromatic N) is 1. The van der Waals surface area contributed by atoms with Gasteiger partial charge in [-0.05, 0) is 30.7 Å². The molecule has 0 bridgehead atoms. The molecule has 0 aliphatic rings. The van der Waals surface area contributed by atoms with Crippen LogP contribution in [-0.4, -0.2) is 15.6 Å². The van der Waals surface area contributed by atoms with Gasteiger partial charge in [-0.3, -0.25) is 4.79 Å². The van der Waals surface area contributed by atoms with Gasteiger partial charge in [-0.25, -0.2) is 0 Å². The molecule has 3 aromatic rings. The predicted octanol–water partition coefficient (Wildman–Crippen LogP) is 3.29. The van der Waals surface area contributed by atoms with E-state index in [0.717, 1.165) is 23.0 Å². The molecule has 0 fully saturated rings. The van der Waals surface area contributed by atoms with Crippen molar-refractivity contribution in [3.05, 3.63) is 48.0 Å². The molecule has 0 saturated carbocycles. The van der Waals surface area contributed by atoms with E-state index in [9.17, 15) is 4.79 Å². The van der Waals surface area contributed by atoms with Gasteiger partial charge in [0.15, 0.2) is 0 Å². The molecule has 3 rings (SSSR count). The van der Waals surface area contributed by atoms with Crippen LogP contribution in [0.15, 0.2) is 42.5 Å². The summed E-state index contributed by atoms with van der Waals surface area (Å²) in [7, 11) is 0. The lowest BCUT2D eigenvalue weighted by atomic mass is 10.0. The topological polar surface area (TPSA) is 68.2 Å². The fraction of sp³-hybridized carbons (Fsp3) is 0.235. The minimum absolute atomic E-state index is 0.0576. The Morgan fingerprint density at radius 2 is 1.90 bits per heavy atom. The molecule has 0 amide bonds. The number of aromatic nitrogens is 1. The van der Waals surface area contributed by atoms with E-state index in [4.69, 9.17) is 10.8 Å². The maximum atomic E-state index is 10.8. The van der Waals surface area contributed by atoms with Crippen molar-refractivity contribution in [1.82, 2.24) is 4.57 Å². The van der Waals surface area contributed by atoms with Crippen molar-refractivity contribution in [3.8, 4) is 0 Å². The van der Waals surface area contributed by atoms with Gasteiger partial charge < -0.3 is 15.4 Å². The number of carboxylic acid groups (broad SMARTS) is 1. The summed E-state index contributed by atoms with van der Waals surface area (Å²) in [5, 5.41) is 11.2. The SMILES string of the molecule is CCn1c2ccccc2c2cc([C@@H](N)CC(=O)O)ccc21. The van der Waals surface area contributed by atoms with E-state index in [1.165, 1.54) is 10.9 Å². The number of nitrogens with two attached hydrogens (primary N) is 1. The molecule has 0 saturated heterocycles. The van der Waals surface area contributed by atoms with E-state index < -0.39 is 12.0 Å².